The second kappa shape index (κ2) is 4.11. The third kappa shape index (κ3) is 2.13. The fourth-order valence-electron chi connectivity index (χ4n) is 1.05. The third-order valence-corrected chi connectivity index (χ3v) is 3.10. The van der Waals surface area contributed by atoms with E-state index < -0.39 is 0 Å². The molecule has 1 aromatic carbocycles. The number of ether oxygens (including phenoxy) is 1. The Kier molecular flexibility index (Phi) is 2.84. The molecule has 14 heavy (non-hydrogen) atoms. The molecule has 72 valence electrons. The Balaban J connectivity index is 2.23. The largest absolute Gasteiger partial charge is 0.431 e. The van der Waals surface area contributed by atoms with E-state index in [1.165, 1.54) is 11.3 Å². The van der Waals surface area contributed by atoms with Crippen LogP contribution in [0.25, 0.3) is 0 Å². The number of benzene rings is 1. The minimum absolute atomic E-state index is 0.658. The molecule has 2 rings (SSSR count). The van der Waals surface area contributed by atoms with Crippen molar-refractivity contribution >= 4 is 27.3 Å². The second-order valence-corrected chi connectivity index (χ2v) is 5.17. The number of halogens is 1. The molecular weight excluding hydrogens is 262 g/mol. The van der Waals surface area contributed by atoms with Crippen LogP contribution < -0.4 is 4.74 Å². The first kappa shape index (κ1) is 9.68. The molecule has 0 amide bonds. The zero-order valence-corrected chi connectivity index (χ0v) is 9.93. The van der Waals surface area contributed by atoms with Crippen LogP contribution in [0.2, 0.25) is 0 Å². The monoisotopic (exact) mass is 269 g/mol. The van der Waals surface area contributed by atoms with Crippen molar-refractivity contribution in [3.8, 4) is 10.9 Å². The molecule has 2 aromatic rings. The van der Waals surface area contributed by atoms with Gasteiger partial charge in [0.05, 0.1) is 9.98 Å². The smallest absolute Gasteiger partial charge is 0.279 e. The van der Waals surface area contributed by atoms with Crippen molar-refractivity contribution in [2.75, 3.05) is 0 Å². The van der Waals surface area contributed by atoms with E-state index in [4.69, 9.17) is 4.74 Å². The van der Waals surface area contributed by atoms with E-state index in [2.05, 4.69) is 20.9 Å². The maximum Gasteiger partial charge on any atom is 0.279 e. The van der Waals surface area contributed by atoms with E-state index in [0.717, 1.165) is 15.1 Å². The van der Waals surface area contributed by atoms with Crippen LogP contribution in [0.5, 0.6) is 10.9 Å². The van der Waals surface area contributed by atoms with Gasteiger partial charge in [0.1, 0.15) is 5.75 Å². The van der Waals surface area contributed by atoms with E-state index in [1.54, 1.807) is 6.20 Å². The molecule has 0 spiro atoms. The summed E-state index contributed by atoms with van der Waals surface area (Å²) in [5.74, 6) is 0.856. The zero-order valence-electron chi connectivity index (χ0n) is 7.53. The molecule has 2 nitrogen and oxygen atoms in total. The Hall–Kier alpha value is -0.870. The van der Waals surface area contributed by atoms with Gasteiger partial charge in [-0.05, 0) is 34.5 Å². The van der Waals surface area contributed by atoms with Crippen LogP contribution in [0.4, 0.5) is 0 Å². The predicted molar refractivity (Wildman–Crippen MR) is 61.1 cm³/mol. The quantitative estimate of drug-likeness (QED) is 0.822. The molecule has 1 aromatic heterocycles. The maximum atomic E-state index is 5.61. The van der Waals surface area contributed by atoms with Crippen molar-refractivity contribution in [3.05, 3.63) is 39.8 Å². The van der Waals surface area contributed by atoms with Gasteiger partial charge in [0.15, 0.2) is 0 Å². The van der Waals surface area contributed by atoms with E-state index in [0.29, 0.717) is 5.19 Å². The third-order valence-electron chi connectivity index (χ3n) is 1.75. The van der Waals surface area contributed by atoms with Crippen LogP contribution in [0.1, 0.15) is 5.56 Å². The van der Waals surface area contributed by atoms with Crippen molar-refractivity contribution in [2.24, 2.45) is 0 Å². The van der Waals surface area contributed by atoms with Crippen LogP contribution in [-0.4, -0.2) is 4.98 Å². The summed E-state index contributed by atoms with van der Waals surface area (Å²) >= 11 is 4.81. The number of aryl methyl sites for hydroxylation is 1. The van der Waals surface area contributed by atoms with Crippen LogP contribution >= 0.6 is 27.3 Å². The molecule has 0 fully saturated rings. The summed E-state index contributed by atoms with van der Waals surface area (Å²) in [7, 11) is 0. The molecule has 0 unspecified atom stereocenters. The van der Waals surface area contributed by atoms with Gasteiger partial charge in [-0.2, -0.15) is 0 Å². The number of para-hydroxylation sites is 1. The average Bonchev–Trinajstić information content (AvgIpc) is 2.56. The highest BCUT2D eigenvalue weighted by molar-refractivity contribution is 9.11. The van der Waals surface area contributed by atoms with Gasteiger partial charge in [-0.3, -0.25) is 0 Å². The summed E-state index contributed by atoms with van der Waals surface area (Å²) in [5, 5.41) is 0.658. The molecule has 0 aliphatic heterocycles. The molecule has 1 heterocycles. The Morgan fingerprint density at radius 1 is 1.36 bits per heavy atom. The van der Waals surface area contributed by atoms with Crippen LogP contribution in [0.3, 0.4) is 0 Å². The lowest BCUT2D eigenvalue weighted by molar-refractivity contribution is 0.475. The lowest BCUT2D eigenvalue weighted by atomic mass is 10.2. The number of nitrogens with zero attached hydrogens (tertiary/aromatic N) is 1. The summed E-state index contributed by atoms with van der Waals surface area (Å²) in [6, 6.07) is 7.88. The lowest BCUT2D eigenvalue weighted by Gasteiger charge is -2.03. The number of hydrogen-bond donors (Lipinski definition) is 0. The minimum Gasteiger partial charge on any atom is -0.431 e. The van der Waals surface area contributed by atoms with Gasteiger partial charge in [-0.1, -0.05) is 29.5 Å². The van der Waals surface area contributed by atoms with E-state index in [9.17, 15) is 0 Å². The van der Waals surface area contributed by atoms with Gasteiger partial charge < -0.3 is 4.74 Å². The number of hydrogen-bond acceptors (Lipinski definition) is 3. The Labute approximate surface area is 94.7 Å². The molecule has 0 aliphatic rings. The lowest BCUT2D eigenvalue weighted by Crippen LogP contribution is -1.85. The zero-order chi connectivity index (χ0) is 9.97. The van der Waals surface area contributed by atoms with Crippen molar-refractivity contribution in [1.29, 1.82) is 0 Å². The summed E-state index contributed by atoms with van der Waals surface area (Å²) in [5.41, 5.74) is 1.11. The summed E-state index contributed by atoms with van der Waals surface area (Å²) in [4.78, 5) is 4.10. The van der Waals surface area contributed by atoms with E-state index >= 15 is 0 Å². The van der Waals surface area contributed by atoms with Crippen molar-refractivity contribution < 1.29 is 4.74 Å². The highest BCUT2D eigenvalue weighted by atomic mass is 79.9. The topological polar surface area (TPSA) is 22.1 Å². The van der Waals surface area contributed by atoms with Gasteiger partial charge >= 0.3 is 0 Å². The normalized spacial score (nSPS) is 10.1. The van der Waals surface area contributed by atoms with E-state index in [-0.39, 0.29) is 0 Å². The van der Waals surface area contributed by atoms with Crippen LogP contribution in [0, 0.1) is 6.92 Å². The molecule has 0 atom stereocenters. The Morgan fingerprint density at radius 2 is 2.14 bits per heavy atom. The summed E-state index contributed by atoms with van der Waals surface area (Å²) in [6.07, 6.45) is 1.73. The predicted octanol–water partition coefficient (Wildman–Crippen LogP) is 4.01. The molecule has 0 bridgehead atoms. The first-order valence-corrected chi connectivity index (χ1v) is 5.71. The number of rotatable bonds is 2. The van der Waals surface area contributed by atoms with Crippen molar-refractivity contribution in [1.82, 2.24) is 4.98 Å². The van der Waals surface area contributed by atoms with Crippen LogP contribution in [-0.2, 0) is 0 Å². The number of thiazole rings is 1. The van der Waals surface area contributed by atoms with Gasteiger partial charge in [-0.25, -0.2) is 4.98 Å². The first-order chi connectivity index (χ1) is 6.75. The van der Waals surface area contributed by atoms with Crippen molar-refractivity contribution in [2.45, 2.75) is 6.92 Å². The SMILES string of the molecule is Cc1ccccc1Oc1ncc(Br)s1. The Bertz CT molecular complexity index is 441. The molecule has 0 N–H and O–H groups in total. The molecule has 0 saturated carbocycles. The molecule has 0 saturated heterocycles. The van der Waals surface area contributed by atoms with E-state index in [1.807, 2.05) is 31.2 Å². The Morgan fingerprint density at radius 3 is 2.79 bits per heavy atom. The van der Waals surface area contributed by atoms with Gasteiger partial charge in [0.2, 0.25) is 0 Å². The standard InChI is InChI=1S/C10H8BrNOS/c1-7-4-2-3-5-8(7)13-10-12-6-9(11)14-10/h2-6H,1H3. The highest BCUT2D eigenvalue weighted by Crippen LogP contribution is 2.30. The molecular formula is C10H8BrNOS. The maximum absolute atomic E-state index is 5.61. The fraction of sp³-hybridized carbons (Fsp3) is 0.100. The second-order valence-electron chi connectivity index (χ2n) is 2.80. The molecule has 4 heteroatoms. The van der Waals surface area contributed by atoms with Gasteiger partial charge in [-0.15, -0.1) is 0 Å². The van der Waals surface area contributed by atoms with Gasteiger partial charge in [0, 0.05) is 0 Å². The summed E-state index contributed by atoms with van der Waals surface area (Å²) in [6.45, 7) is 2.01. The minimum atomic E-state index is 0.658. The van der Waals surface area contributed by atoms with Gasteiger partial charge in [0.25, 0.3) is 5.19 Å². The number of aromatic nitrogens is 1. The van der Waals surface area contributed by atoms with Crippen LogP contribution in [0.15, 0.2) is 34.2 Å². The fourth-order valence-corrected chi connectivity index (χ4v) is 2.08. The molecule has 0 radical (unpaired) electrons. The first-order valence-electron chi connectivity index (χ1n) is 4.10. The summed E-state index contributed by atoms with van der Waals surface area (Å²) < 4.78 is 6.58. The average molecular weight is 270 g/mol. The molecule has 0 aliphatic carbocycles. The highest BCUT2D eigenvalue weighted by Gasteiger charge is 2.03. The van der Waals surface area contributed by atoms with Crippen molar-refractivity contribution in [3.63, 3.8) is 0 Å².